The second kappa shape index (κ2) is 8.86. The van der Waals surface area contributed by atoms with E-state index in [0.717, 1.165) is 11.1 Å². The van der Waals surface area contributed by atoms with E-state index >= 15 is 0 Å². The van der Waals surface area contributed by atoms with Crippen molar-refractivity contribution in [3.63, 3.8) is 0 Å². The van der Waals surface area contributed by atoms with Gasteiger partial charge in [0.1, 0.15) is 17.5 Å². The predicted octanol–water partition coefficient (Wildman–Crippen LogP) is 4.06. The van der Waals surface area contributed by atoms with Gasteiger partial charge in [-0.25, -0.2) is 9.37 Å². The molecule has 182 valence electrons. The second-order valence-electron chi connectivity index (χ2n) is 9.41. The molecule has 0 bridgehead atoms. The minimum Gasteiger partial charge on any atom is -0.393 e. The highest BCUT2D eigenvalue weighted by Crippen LogP contribution is 2.43. The van der Waals surface area contributed by atoms with Crippen molar-refractivity contribution < 1.29 is 23.6 Å². The van der Waals surface area contributed by atoms with E-state index in [9.17, 15) is 14.3 Å². The molecule has 1 aromatic carbocycles. The highest BCUT2D eigenvalue weighted by atomic mass is 19.1. The van der Waals surface area contributed by atoms with Gasteiger partial charge in [-0.05, 0) is 56.5 Å². The van der Waals surface area contributed by atoms with E-state index in [1.807, 2.05) is 45.0 Å². The van der Waals surface area contributed by atoms with Crippen molar-refractivity contribution in [2.24, 2.45) is 0 Å². The summed E-state index contributed by atoms with van der Waals surface area (Å²) >= 11 is 0. The van der Waals surface area contributed by atoms with Crippen LogP contribution in [0.1, 0.15) is 53.7 Å². The summed E-state index contributed by atoms with van der Waals surface area (Å²) in [4.78, 5) is 21.8. The summed E-state index contributed by atoms with van der Waals surface area (Å²) in [5.41, 5.74) is 3.33. The first-order chi connectivity index (χ1) is 16.7. The summed E-state index contributed by atoms with van der Waals surface area (Å²) in [7, 11) is 0. The maximum Gasteiger partial charge on any atom is 0.274 e. The van der Waals surface area contributed by atoms with E-state index in [1.165, 1.54) is 6.20 Å². The van der Waals surface area contributed by atoms with Crippen LogP contribution in [0.2, 0.25) is 0 Å². The lowest BCUT2D eigenvalue weighted by Crippen LogP contribution is -2.28. The van der Waals surface area contributed by atoms with Crippen molar-refractivity contribution >= 4 is 17.2 Å². The molecule has 2 N–H and O–H groups in total. The number of imidazole rings is 1. The Morgan fingerprint density at radius 3 is 2.89 bits per heavy atom. The monoisotopic (exact) mass is 479 g/mol. The Kier molecular flexibility index (Phi) is 5.86. The smallest absolute Gasteiger partial charge is 0.274 e. The molecule has 2 atom stereocenters. The molecule has 0 saturated heterocycles. The number of carbonyl (C=O) groups excluding carboxylic acids is 1. The van der Waals surface area contributed by atoms with Crippen molar-refractivity contribution in [3.8, 4) is 11.4 Å². The van der Waals surface area contributed by atoms with E-state index in [4.69, 9.17) is 9.26 Å². The molecular weight excluding hydrogens is 453 g/mol. The number of halogens is 1. The number of anilines is 1. The molecule has 3 heterocycles. The third kappa shape index (κ3) is 4.80. The summed E-state index contributed by atoms with van der Waals surface area (Å²) in [6.07, 6.45) is 2.77. The number of aliphatic hydroxyl groups excluding tert-OH is 1. The fourth-order valence-corrected chi connectivity index (χ4v) is 3.61. The summed E-state index contributed by atoms with van der Waals surface area (Å²) in [5, 5.41) is 16.3. The number of nitrogens with zero attached hydrogens (tertiary/aromatic N) is 4. The van der Waals surface area contributed by atoms with Crippen molar-refractivity contribution in [2.45, 2.75) is 51.5 Å². The summed E-state index contributed by atoms with van der Waals surface area (Å²) < 4.78 is 25.9. The largest absolute Gasteiger partial charge is 0.393 e. The van der Waals surface area contributed by atoms with Crippen LogP contribution >= 0.6 is 0 Å². The Bertz CT molecular complexity index is 1400. The van der Waals surface area contributed by atoms with Crippen molar-refractivity contribution in [1.82, 2.24) is 19.5 Å². The molecule has 1 aliphatic rings. The van der Waals surface area contributed by atoms with E-state index in [-0.39, 0.29) is 18.4 Å². The molecule has 35 heavy (non-hydrogen) atoms. The van der Waals surface area contributed by atoms with E-state index in [0.29, 0.717) is 47.3 Å². The van der Waals surface area contributed by atoms with Crippen molar-refractivity contribution in [1.29, 1.82) is 0 Å². The topological polar surface area (TPSA) is 115 Å². The van der Waals surface area contributed by atoms with E-state index < -0.39 is 11.8 Å². The zero-order valence-corrected chi connectivity index (χ0v) is 19.7. The van der Waals surface area contributed by atoms with Gasteiger partial charge in [-0.2, -0.15) is 4.98 Å². The summed E-state index contributed by atoms with van der Waals surface area (Å²) in [6, 6.07) is 9.13. The molecule has 5 rings (SSSR count). The Hall–Kier alpha value is -3.63. The number of benzene rings is 1. The predicted molar refractivity (Wildman–Crippen MR) is 126 cm³/mol. The van der Waals surface area contributed by atoms with Crippen LogP contribution in [0.3, 0.4) is 0 Å². The normalized spacial score (nSPS) is 17.6. The Morgan fingerprint density at radius 2 is 2.14 bits per heavy atom. The Balaban J connectivity index is 1.33. The van der Waals surface area contributed by atoms with Gasteiger partial charge in [0.2, 0.25) is 11.7 Å². The van der Waals surface area contributed by atoms with E-state index in [2.05, 4.69) is 20.4 Å². The number of fused-ring (bicyclic) bond motifs is 1. The maximum absolute atomic E-state index is 13.3. The number of aromatic nitrogens is 4. The minimum absolute atomic E-state index is 0.0873. The zero-order valence-electron chi connectivity index (χ0n) is 19.7. The van der Waals surface area contributed by atoms with Crippen molar-refractivity contribution in [3.05, 3.63) is 65.4 Å². The number of nitrogens with one attached hydrogen (secondary N) is 1. The second-order valence-corrected chi connectivity index (χ2v) is 9.41. The third-order valence-electron chi connectivity index (χ3n) is 6.04. The van der Waals surface area contributed by atoms with Gasteiger partial charge < -0.3 is 19.7 Å². The average Bonchev–Trinajstić information content (AvgIpc) is 3.23. The van der Waals surface area contributed by atoms with Gasteiger partial charge in [-0.1, -0.05) is 17.3 Å². The maximum atomic E-state index is 13.3. The van der Waals surface area contributed by atoms with Gasteiger partial charge in [0.15, 0.2) is 0 Å². The number of hydrogen-bond donors (Lipinski definition) is 2. The Labute approximate surface area is 200 Å². The van der Waals surface area contributed by atoms with Gasteiger partial charge in [0.05, 0.1) is 30.9 Å². The van der Waals surface area contributed by atoms with Gasteiger partial charge in [0, 0.05) is 17.4 Å². The van der Waals surface area contributed by atoms with Crippen LogP contribution in [-0.4, -0.2) is 48.9 Å². The molecule has 1 saturated carbocycles. The minimum atomic E-state index is -0.919. The number of rotatable bonds is 8. The highest BCUT2D eigenvalue weighted by Gasteiger charge is 2.43. The average molecular weight is 480 g/mol. The van der Waals surface area contributed by atoms with Gasteiger partial charge in [-0.3, -0.25) is 9.20 Å². The lowest BCUT2D eigenvalue weighted by atomic mass is 10.1. The first-order valence-electron chi connectivity index (χ1n) is 11.3. The highest BCUT2D eigenvalue weighted by molar-refractivity contribution is 6.04. The molecule has 0 spiro atoms. The number of aliphatic hydroxyl groups is 1. The number of carbonyl (C=O) groups is 1. The number of hydrogen-bond acceptors (Lipinski definition) is 7. The molecule has 0 radical (unpaired) electrons. The number of alkyl halides is 1. The fraction of sp³-hybridized carbons (Fsp3) is 0.360. The van der Waals surface area contributed by atoms with Crippen LogP contribution < -0.4 is 5.32 Å². The zero-order chi connectivity index (χ0) is 24.7. The molecule has 1 amide bonds. The van der Waals surface area contributed by atoms with Gasteiger partial charge in [0.25, 0.3) is 5.91 Å². The number of ether oxygens (including phenoxy) is 1. The molecule has 10 heteroatoms. The lowest BCUT2D eigenvalue weighted by Gasteiger charge is -2.22. The number of aryl methyl sites for hydroxylation is 1. The Morgan fingerprint density at radius 1 is 1.34 bits per heavy atom. The molecule has 4 aromatic rings. The molecule has 0 aliphatic heterocycles. The lowest BCUT2D eigenvalue weighted by molar-refractivity contribution is -0.0633. The number of pyridine rings is 1. The standard InChI is InChI=1S/C25H26FN5O4/c1-14-4-5-16(22-29-24(35-30-22)17-10-18(17)26)9-19(14)28-23(33)20-11-27-21-8-15(6-7-31(20)21)12-34-25(2,3)13-32/h4-9,11,17-18,32H,10,12-13H2,1-3H3,(H,28,33)/t17-,18-/m0/s1. The first kappa shape index (κ1) is 23.1. The summed E-state index contributed by atoms with van der Waals surface area (Å²) in [5.74, 6) is 0.0112. The molecule has 0 unspecified atom stereocenters. The SMILES string of the molecule is Cc1ccc(-c2noc([C@H]3C[C@@H]3F)n2)cc1NC(=O)c1cnc2cc(COC(C)(C)CO)ccn12. The molecule has 1 aliphatic carbocycles. The van der Waals surface area contributed by atoms with Crippen LogP contribution in [0.5, 0.6) is 0 Å². The van der Waals surface area contributed by atoms with Crippen molar-refractivity contribution in [2.75, 3.05) is 11.9 Å². The van der Waals surface area contributed by atoms with Gasteiger partial charge >= 0.3 is 0 Å². The van der Waals surface area contributed by atoms with Crippen LogP contribution in [0.4, 0.5) is 10.1 Å². The molecule has 1 fully saturated rings. The third-order valence-corrected chi connectivity index (χ3v) is 6.04. The van der Waals surface area contributed by atoms with Crippen LogP contribution in [0.15, 0.2) is 47.2 Å². The van der Waals surface area contributed by atoms with Crippen LogP contribution in [0.25, 0.3) is 17.0 Å². The quantitative estimate of drug-likeness (QED) is 0.392. The molecule has 9 nitrogen and oxygen atoms in total. The fourth-order valence-electron chi connectivity index (χ4n) is 3.61. The van der Waals surface area contributed by atoms with Gasteiger partial charge in [-0.15, -0.1) is 0 Å². The molecule has 3 aromatic heterocycles. The van der Waals surface area contributed by atoms with E-state index in [1.54, 1.807) is 16.7 Å². The first-order valence-corrected chi connectivity index (χ1v) is 11.3. The molecular formula is C25H26FN5O4. The number of amides is 1. The van der Waals surface area contributed by atoms with Crippen LogP contribution in [-0.2, 0) is 11.3 Å². The summed E-state index contributed by atoms with van der Waals surface area (Å²) in [6.45, 7) is 5.73. The van der Waals surface area contributed by atoms with Crippen LogP contribution in [0, 0.1) is 6.92 Å².